The molecule has 0 aliphatic heterocycles. The Morgan fingerprint density at radius 1 is 1.10 bits per heavy atom. The predicted octanol–water partition coefficient (Wildman–Crippen LogP) is 1.99. The van der Waals surface area contributed by atoms with E-state index in [4.69, 9.17) is 10.2 Å². The van der Waals surface area contributed by atoms with Gasteiger partial charge in [-0.3, -0.25) is 9.59 Å². The van der Waals surface area contributed by atoms with E-state index in [1.54, 1.807) is 6.92 Å². The number of carboxylic acids is 2. The average Bonchev–Trinajstić information content (AvgIpc) is 2.38. The van der Waals surface area contributed by atoms with Gasteiger partial charge in [0.05, 0.1) is 11.5 Å². The van der Waals surface area contributed by atoms with Gasteiger partial charge in [0.15, 0.2) is 0 Å². The quantitative estimate of drug-likeness (QED) is 0.764. The average molecular weight is 279 g/mol. The third-order valence-electron chi connectivity index (χ3n) is 3.28. The van der Waals surface area contributed by atoms with Gasteiger partial charge in [-0.05, 0) is 30.7 Å². The molecule has 1 aromatic rings. The normalized spacial score (nSPS) is 13.3. The van der Waals surface area contributed by atoms with Gasteiger partial charge in [-0.15, -0.1) is 0 Å². The molecule has 0 aliphatic carbocycles. The summed E-state index contributed by atoms with van der Waals surface area (Å²) in [5.41, 5.74) is 1.21. The molecule has 0 aromatic heterocycles. The third kappa shape index (κ3) is 3.57. The van der Waals surface area contributed by atoms with Crippen LogP contribution >= 0.6 is 0 Å². The summed E-state index contributed by atoms with van der Waals surface area (Å²) in [5, 5.41) is 20.3. The van der Waals surface area contributed by atoms with Gasteiger partial charge < -0.3 is 15.5 Å². The summed E-state index contributed by atoms with van der Waals surface area (Å²) in [7, 11) is 0. The fraction of sp³-hybridized carbons (Fsp3) is 0.357. The first-order valence-corrected chi connectivity index (χ1v) is 6.11. The van der Waals surface area contributed by atoms with Crippen molar-refractivity contribution < 1.29 is 24.6 Å². The maximum Gasteiger partial charge on any atom is 0.335 e. The highest BCUT2D eigenvalue weighted by atomic mass is 16.4. The molecule has 108 valence electrons. The number of carboxylic acid groups (broad SMARTS) is 2. The molecule has 6 heteroatoms. The Morgan fingerprint density at radius 3 is 2.15 bits per heavy atom. The fourth-order valence-electron chi connectivity index (χ4n) is 1.62. The van der Waals surface area contributed by atoms with Crippen LogP contribution in [-0.2, 0) is 9.59 Å². The number of nitrogens with one attached hydrogen (secondary N) is 1. The topological polar surface area (TPSA) is 104 Å². The Kier molecular flexibility index (Phi) is 4.85. The van der Waals surface area contributed by atoms with Crippen molar-refractivity contribution in [1.82, 2.24) is 0 Å². The van der Waals surface area contributed by atoms with Gasteiger partial charge in [0, 0.05) is 11.6 Å². The lowest BCUT2D eigenvalue weighted by Crippen LogP contribution is -2.30. The van der Waals surface area contributed by atoms with Crippen LogP contribution in [0.3, 0.4) is 0 Å². The molecule has 2 unspecified atom stereocenters. The highest BCUT2D eigenvalue weighted by Gasteiger charge is 2.26. The Bertz CT molecular complexity index is 552. The number of rotatable bonds is 5. The summed E-state index contributed by atoms with van der Waals surface area (Å²) in [4.78, 5) is 33.6. The van der Waals surface area contributed by atoms with E-state index in [2.05, 4.69) is 5.32 Å². The highest BCUT2D eigenvalue weighted by molar-refractivity contribution is 5.96. The van der Waals surface area contributed by atoms with Gasteiger partial charge in [-0.2, -0.15) is 0 Å². The summed E-state index contributed by atoms with van der Waals surface area (Å²) < 4.78 is 0. The molecule has 0 heterocycles. The SMILES string of the molecule is Cc1cc(C(=O)O)ccc1NC(=O)C(C)C(C)C(=O)O. The molecule has 0 fully saturated rings. The molecule has 1 amide bonds. The molecule has 0 saturated heterocycles. The minimum absolute atomic E-state index is 0.132. The van der Waals surface area contributed by atoms with Crippen molar-refractivity contribution in [3.63, 3.8) is 0 Å². The van der Waals surface area contributed by atoms with E-state index >= 15 is 0 Å². The Labute approximate surface area is 116 Å². The number of carbonyl (C=O) groups excluding carboxylic acids is 1. The fourth-order valence-corrected chi connectivity index (χ4v) is 1.62. The molecule has 0 spiro atoms. The number of aliphatic carboxylic acids is 1. The lowest BCUT2D eigenvalue weighted by Gasteiger charge is -2.17. The summed E-state index contributed by atoms with van der Waals surface area (Å²) in [5.74, 6) is -3.98. The van der Waals surface area contributed by atoms with Gasteiger partial charge in [-0.25, -0.2) is 4.79 Å². The Morgan fingerprint density at radius 2 is 1.70 bits per heavy atom. The van der Waals surface area contributed by atoms with Crippen molar-refractivity contribution in [2.24, 2.45) is 11.8 Å². The second-order valence-electron chi connectivity index (χ2n) is 4.74. The van der Waals surface area contributed by atoms with Crippen LogP contribution in [0.25, 0.3) is 0 Å². The molecular weight excluding hydrogens is 262 g/mol. The van der Waals surface area contributed by atoms with Crippen LogP contribution in [0, 0.1) is 18.8 Å². The molecule has 0 aliphatic rings. The van der Waals surface area contributed by atoms with Crippen LogP contribution in [0.15, 0.2) is 18.2 Å². The number of hydrogen-bond donors (Lipinski definition) is 3. The number of aryl methyl sites for hydroxylation is 1. The number of anilines is 1. The van der Waals surface area contributed by atoms with E-state index < -0.39 is 29.7 Å². The van der Waals surface area contributed by atoms with E-state index in [-0.39, 0.29) is 5.56 Å². The Hall–Kier alpha value is -2.37. The molecule has 6 nitrogen and oxygen atoms in total. The standard InChI is InChI=1S/C14H17NO5/c1-7-6-10(14(19)20)4-5-11(7)15-12(16)8(2)9(3)13(17)18/h4-6,8-9H,1-3H3,(H,15,16)(H,17,18)(H,19,20). The molecule has 1 aromatic carbocycles. The summed E-state index contributed by atoms with van der Waals surface area (Å²) in [6.45, 7) is 4.68. The molecule has 1 rings (SSSR count). The minimum atomic E-state index is -1.04. The third-order valence-corrected chi connectivity index (χ3v) is 3.28. The summed E-state index contributed by atoms with van der Waals surface area (Å²) in [6.07, 6.45) is 0. The van der Waals surface area contributed by atoms with Crippen LogP contribution in [0.4, 0.5) is 5.69 Å². The molecule has 2 atom stereocenters. The predicted molar refractivity (Wildman–Crippen MR) is 72.7 cm³/mol. The number of amides is 1. The van der Waals surface area contributed by atoms with E-state index in [1.807, 2.05) is 0 Å². The first kappa shape index (κ1) is 15.7. The summed E-state index contributed by atoms with van der Waals surface area (Å²) >= 11 is 0. The van der Waals surface area contributed by atoms with E-state index in [0.717, 1.165) is 0 Å². The molecule has 20 heavy (non-hydrogen) atoms. The number of hydrogen-bond acceptors (Lipinski definition) is 3. The van der Waals surface area contributed by atoms with Crippen LogP contribution in [0.2, 0.25) is 0 Å². The molecule has 0 bridgehead atoms. The first-order chi connectivity index (χ1) is 9.23. The second kappa shape index (κ2) is 6.18. The van der Waals surface area contributed by atoms with Crippen LogP contribution in [-0.4, -0.2) is 28.1 Å². The number of carbonyl (C=O) groups is 3. The van der Waals surface area contributed by atoms with Gasteiger partial charge in [0.2, 0.25) is 5.91 Å². The van der Waals surface area contributed by atoms with E-state index in [1.165, 1.54) is 32.0 Å². The van der Waals surface area contributed by atoms with E-state index in [0.29, 0.717) is 11.3 Å². The van der Waals surface area contributed by atoms with Crippen LogP contribution in [0.1, 0.15) is 29.8 Å². The molecule has 3 N–H and O–H groups in total. The van der Waals surface area contributed by atoms with Gasteiger partial charge >= 0.3 is 11.9 Å². The zero-order chi connectivity index (χ0) is 15.4. The summed E-state index contributed by atoms with van der Waals surface area (Å²) in [6, 6.07) is 4.33. The number of benzene rings is 1. The van der Waals surface area contributed by atoms with Crippen LogP contribution < -0.4 is 5.32 Å². The molecule has 0 saturated carbocycles. The van der Waals surface area contributed by atoms with Gasteiger partial charge in [0.1, 0.15) is 0 Å². The van der Waals surface area contributed by atoms with Gasteiger partial charge in [0.25, 0.3) is 0 Å². The largest absolute Gasteiger partial charge is 0.481 e. The second-order valence-corrected chi connectivity index (χ2v) is 4.74. The van der Waals surface area contributed by atoms with Crippen LogP contribution in [0.5, 0.6) is 0 Å². The monoisotopic (exact) mass is 279 g/mol. The van der Waals surface area contributed by atoms with Gasteiger partial charge in [-0.1, -0.05) is 13.8 Å². The maximum absolute atomic E-state index is 11.9. The molecule has 0 radical (unpaired) electrons. The molecular formula is C14H17NO5. The maximum atomic E-state index is 11.9. The smallest absolute Gasteiger partial charge is 0.335 e. The highest BCUT2D eigenvalue weighted by Crippen LogP contribution is 2.19. The van der Waals surface area contributed by atoms with Crippen molar-refractivity contribution >= 4 is 23.5 Å². The van der Waals surface area contributed by atoms with Crippen molar-refractivity contribution in [3.05, 3.63) is 29.3 Å². The van der Waals surface area contributed by atoms with Crippen molar-refractivity contribution in [1.29, 1.82) is 0 Å². The zero-order valence-electron chi connectivity index (χ0n) is 11.5. The van der Waals surface area contributed by atoms with E-state index in [9.17, 15) is 14.4 Å². The lowest BCUT2D eigenvalue weighted by atomic mass is 9.95. The van der Waals surface area contributed by atoms with Crippen molar-refractivity contribution in [2.75, 3.05) is 5.32 Å². The minimum Gasteiger partial charge on any atom is -0.481 e. The lowest BCUT2D eigenvalue weighted by molar-refractivity contribution is -0.145. The van der Waals surface area contributed by atoms with Crippen molar-refractivity contribution in [2.45, 2.75) is 20.8 Å². The zero-order valence-corrected chi connectivity index (χ0v) is 11.5. The first-order valence-electron chi connectivity index (χ1n) is 6.11. The van der Waals surface area contributed by atoms with Crippen molar-refractivity contribution in [3.8, 4) is 0 Å². The Balaban J connectivity index is 2.86. The number of aromatic carboxylic acids is 1.